The fourth-order valence-corrected chi connectivity index (χ4v) is 1.21. The summed E-state index contributed by atoms with van der Waals surface area (Å²) in [4.78, 5) is 0. The second-order valence-corrected chi connectivity index (χ2v) is 3.91. The molecule has 0 radical (unpaired) electrons. The van der Waals surface area contributed by atoms with E-state index in [0.717, 1.165) is 23.3 Å². The Morgan fingerprint density at radius 3 is 2.47 bits per heavy atom. The highest BCUT2D eigenvalue weighted by molar-refractivity contribution is 5.28. The number of hydrogen-bond donors (Lipinski definition) is 1. The van der Waals surface area contributed by atoms with E-state index in [9.17, 15) is 0 Å². The fourth-order valence-electron chi connectivity index (χ4n) is 1.21. The molecule has 1 atom stereocenters. The quantitative estimate of drug-likeness (QED) is 0.750. The predicted molar refractivity (Wildman–Crippen MR) is 64.0 cm³/mol. The van der Waals surface area contributed by atoms with Crippen LogP contribution in [0.4, 0.5) is 0 Å². The third kappa shape index (κ3) is 4.17. The molecular weight excluding hydrogens is 186 g/mol. The van der Waals surface area contributed by atoms with E-state index in [1.165, 1.54) is 0 Å². The van der Waals surface area contributed by atoms with Gasteiger partial charge in [0.15, 0.2) is 0 Å². The third-order valence-corrected chi connectivity index (χ3v) is 2.20. The highest BCUT2D eigenvalue weighted by atomic mass is 16.5. The Morgan fingerprint density at radius 1 is 1.40 bits per heavy atom. The van der Waals surface area contributed by atoms with Gasteiger partial charge in [0, 0.05) is 12.5 Å². The van der Waals surface area contributed by atoms with Gasteiger partial charge in [0.05, 0.1) is 6.61 Å². The smallest absolute Gasteiger partial charge is 0.119 e. The van der Waals surface area contributed by atoms with Crippen molar-refractivity contribution in [3.63, 3.8) is 0 Å². The maximum atomic E-state index is 5.75. The molecule has 15 heavy (non-hydrogen) atoms. The lowest BCUT2D eigenvalue weighted by Crippen LogP contribution is -2.04. The zero-order chi connectivity index (χ0) is 11.3. The largest absolute Gasteiger partial charge is 0.493 e. The Balaban J connectivity index is 2.46. The average molecular weight is 205 g/mol. The van der Waals surface area contributed by atoms with Crippen LogP contribution in [0.2, 0.25) is 0 Å². The maximum absolute atomic E-state index is 5.75. The molecule has 2 nitrogen and oxygen atoms in total. The fraction of sp³-hybridized carbons (Fsp3) is 0.385. The van der Waals surface area contributed by atoms with E-state index >= 15 is 0 Å². The highest BCUT2D eigenvalue weighted by Crippen LogP contribution is 2.16. The summed E-state index contributed by atoms with van der Waals surface area (Å²) in [7, 11) is 0. The van der Waals surface area contributed by atoms with Crippen LogP contribution in [-0.4, -0.2) is 6.61 Å². The molecule has 0 aliphatic carbocycles. The first kappa shape index (κ1) is 11.8. The van der Waals surface area contributed by atoms with Crippen molar-refractivity contribution in [2.24, 2.45) is 5.73 Å². The van der Waals surface area contributed by atoms with Crippen molar-refractivity contribution in [1.82, 2.24) is 0 Å². The third-order valence-electron chi connectivity index (χ3n) is 2.20. The molecule has 0 saturated carbocycles. The van der Waals surface area contributed by atoms with Gasteiger partial charge in [-0.3, -0.25) is 0 Å². The molecule has 0 aliphatic rings. The zero-order valence-electron chi connectivity index (χ0n) is 9.49. The second kappa shape index (κ2) is 5.56. The lowest BCUT2D eigenvalue weighted by atomic mass is 10.1. The zero-order valence-corrected chi connectivity index (χ0v) is 9.49. The van der Waals surface area contributed by atoms with Crippen LogP contribution in [0.25, 0.3) is 0 Å². The van der Waals surface area contributed by atoms with Gasteiger partial charge in [-0.15, -0.1) is 6.58 Å². The first-order valence-electron chi connectivity index (χ1n) is 5.22. The van der Waals surface area contributed by atoms with Crippen LogP contribution in [0.3, 0.4) is 0 Å². The molecule has 0 saturated heterocycles. The average Bonchev–Trinajstić information content (AvgIpc) is 2.18. The first-order valence-corrected chi connectivity index (χ1v) is 5.22. The van der Waals surface area contributed by atoms with E-state index in [-0.39, 0.29) is 6.04 Å². The van der Waals surface area contributed by atoms with E-state index < -0.39 is 0 Å². The molecule has 0 unspecified atom stereocenters. The summed E-state index contributed by atoms with van der Waals surface area (Å²) < 4.78 is 5.55. The Bertz CT molecular complexity index is 314. The van der Waals surface area contributed by atoms with E-state index in [1.54, 1.807) is 0 Å². The summed E-state index contributed by atoms with van der Waals surface area (Å²) >= 11 is 0. The molecule has 82 valence electrons. The summed E-state index contributed by atoms with van der Waals surface area (Å²) in [6.45, 7) is 8.49. The SMILES string of the molecule is C=C(C)CCOc1ccc([C@H](C)N)cc1. The molecule has 2 N–H and O–H groups in total. The molecule has 2 heteroatoms. The van der Waals surface area contributed by atoms with E-state index in [2.05, 4.69) is 6.58 Å². The Morgan fingerprint density at radius 2 is 2.00 bits per heavy atom. The second-order valence-electron chi connectivity index (χ2n) is 3.91. The van der Waals surface area contributed by atoms with Gasteiger partial charge in [-0.05, 0) is 31.5 Å². The molecule has 1 aromatic rings. The van der Waals surface area contributed by atoms with Gasteiger partial charge >= 0.3 is 0 Å². The molecule has 1 rings (SSSR count). The summed E-state index contributed by atoms with van der Waals surface area (Å²) in [5.41, 5.74) is 8.02. The first-order chi connectivity index (χ1) is 7.09. The number of hydrogen-bond acceptors (Lipinski definition) is 2. The Hall–Kier alpha value is -1.28. The highest BCUT2D eigenvalue weighted by Gasteiger charge is 1.99. The van der Waals surface area contributed by atoms with Crippen LogP contribution in [0.15, 0.2) is 36.4 Å². The molecule has 0 fully saturated rings. The molecule has 0 spiro atoms. The predicted octanol–water partition coefficient (Wildman–Crippen LogP) is 3.05. The van der Waals surface area contributed by atoms with Gasteiger partial charge in [-0.1, -0.05) is 17.7 Å². The number of benzene rings is 1. The van der Waals surface area contributed by atoms with Crippen LogP contribution in [0.1, 0.15) is 31.9 Å². The van der Waals surface area contributed by atoms with Crippen molar-refractivity contribution in [2.45, 2.75) is 26.3 Å². The van der Waals surface area contributed by atoms with Crippen molar-refractivity contribution in [3.8, 4) is 5.75 Å². The number of rotatable bonds is 5. The van der Waals surface area contributed by atoms with Gasteiger partial charge in [0.25, 0.3) is 0 Å². The Kier molecular flexibility index (Phi) is 4.37. The van der Waals surface area contributed by atoms with Crippen molar-refractivity contribution in [2.75, 3.05) is 6.61 Å². The molecule has 0 heterocycles. The van der Waals surface area contributed by atoms with Gasteiger partial charge in [-0.2, -0.15) is 0 Å². The minimum absolute atomic E-state index is 0.0782. The van der Waals surface area contributed by atoms with Gasteiger partial charge in [-0.25, -0.2) is 0 Å². The van der Waals surface area contributed by atoms with E-state index in [4.69, 9.17) is 10.5 Å². The summed E-state index contributed by atoms with van der Waals surface area (Å²) in [5, 5.41) is 0. The van der Waals surface area contributed by atoms with Crippen molar-refractivity contribution >= 4 is 0 Å². The topological polar surface area (TPSA) is 35.2 Å². The Labute approximate surface area is 91.7 Å². The number of ether oxygens (including phenoxy) is 1. The van der Waals surface area contributed by atoms with Crippen LogP contribution in [0, 0.1) is 0 Å². The molecule has 0 bridgehead atoms. The van der Waals surface area contributed by atoms with Crippen molar-refractivity contribution < 1.29 is 4.74 Å². The monoisotopic (exact) mass is 205 g/mol. The minimum Gasteiger partial charge on any atom is -0.493 e. The van der Waals surface area contributed by atoms with Crippen LogP contribution >= 0.6 is 0 Å². The van der Waals surface area contributed by atoms with Gasteiger partial charge in [0.1, 0.15) is 5.75 Å². The molecule has 0 amide bonds. The molecule has 1 aromatic carbocycles. The molecule has 0 aliphatic heterocycles. The lowest BCUT2D eigenvalue weighted by Gasteiger charge is -2.08. The van der Waals surface area contributed by atoms with Gasteiger partial charge in [0.2, 0.25) is 0 Å². The van der Waals surface area contributed by atoms with Crippen LogP contribution in [0.5, 0.6) is 5.75 Å². The van der Waals surface area contributed by atoms with Crippen molar-refractivity contribution in [3.05, 3.63) is 42.0 Å². The standard InChI is InChI=1S/C13H19NO/c1-10(2)8-9-15-13-6-4-12(5-7-13)11(3)14/h4-7,11H,1,8-9,14H2,2-3H3/t11-/m0/s1. The summed E-state index contributed by atoms with van der Waals surface area (Å²) in [6.07, 6.45) is 0.898. The summed E-state index contributed by atoms with van der Waals surface area (Å²) in [6, 6.07) is 7.99. The molecule has 0 aromatic heterocycles. The maximum Gasteiger partial charge on any atom is 0.119 e. The van der Waals surface area contributed by atoms with Gasteiger partial charge < -0.3 is 10.5 Å². The van der Waals surface area contributed by atoms with E-state index in [1.807, 2.05) is 38.1 Å². The van der Waals surface area contributed by atoms with Crippen LogP contribution in [-0.2, 0) is 0 Å². The minimum atomic E-state index is 0.0782. The number of nitrogens with two attached hydrogens (primary N) is 1. The lowest BCUT2D eigenvalue weighted by molar-refractivity contribution is 0.321. The normalized spacial score (nSPS) is 12.2. The summed E-state index contributed by atoms with van der Waals surface area (Å²) in [5.74, 6) is 0.889. The van der Waals surface area contributed by atoms with Crippen molar-refractivity contribution in [1.29, 1.82) is 0 Å². The van der Waals surface area contributed by atoms with Crippen LogP contribution < -0.4 is 10.5 Å². The molecular formula is C13H19NO. The van der Waals surface area contributed by atoms with E-state index in [0.29, 0.717) is 6.61 Å².